The van der Waals surface area contributed by atoms with Crippen molar-refractivity contribution >= 4 is 23.3 Å². The Morgan fingerprint density at radius 3 is 2.68 bits per heavy atom. The summed E-state index contributed by atoms with van der Waals surface area (Å²) in [5.74, 6) is 0.406. The van der Waals surface area contributed by atoms with Crippen LogP contribution in [0.4, 0.5) is 0 Å². The van der Waals surface area contributed by atoms with Gasteiger partial charge in [-0.05, 0) is 13.8 Å². The molecule has 0 unspecified atom stereocenters. The lowest BCUT2D eigenvalue weighted by atomic mass is 10.4. The Kier molecular flexibility index (Phi) is 6.27. The Balaban J connectivity index is 2.35. The molecule has 0 aliphatic rings. The zero-order chi connectivity index (χ0) is 14.3. The molecule has 1 rings (SSSR count). The van der Waals surface area contributed by atoms with Gasteiger partial charge in [-0.2, -0.15) is 0 Å². The molecular weight excluding hydrogens is 264 g/mol. The summed E-state index contributed by atoms with van der Waals surface area (Å²) in [6.07, 6.45) is 0.312. The monoisotopic (exact) mass is 284 g/mol. The van der Waals surface area contributed by atoms with Crippen LogP contribution in [0.5, 0.6) is 0 Å². The summed E-state index contributed by atoms with van der Waals surface area (Å²) >= 11 is 1.67. The summed E-state index contributed by atoms with van der Waals surface area (Å²) < 4.78 is 4.56. The first-order valence-corrected chi connectivity index (χ1v) is 6.82. The standard InChI is InChI=1S/C12H20N4O2S/c1-8-9(2)19-10(16-8)7-15-12(13-3)14-6-5-11(17)18-4/h5-7H2,1-4H3,(H2,13,14,15). The average Bonchev–Trinajstić information content (AvgIpc) is 2.72. The van der Waals surface area contributed by atoms with E-state index in [-0.39, 0.29) is 5.97 Å². The maximum absolute atomic E-state index is 11.0. The number of ether oxygens (including phenoxy) is 1. The topological polar surface area (TPSA) is 75.6 Å². The maximum Gasteiger partial charge on any atom is 0.307 e. The normalized spacial score (nSPS) is 11.3. The molecule has 1 heterocycles. The smallest absolute Gasteiger partial charge is 0.307 e. The van der Waals surface area contributed by atoms with Gasteiger partial charge in [0.25, 0.3) is 0 Å². The maximum atomic E-state index is 11.0. The number of aryl methyl sites for hydroxylation is 2. The van der Waals surface area contributed by atoms with Crippen molar-refractivity contribution in [3.63, 3.8) is 0 Å². The van der Waals surface area contributed by atoms with Crippen molar-refractivity contribution in [1.82, 2.24) is 15.6 Å². The van der Waals surface area contributed by atoms with Crippen LogP contribution in [0.3, 0.4) is 0 Å². The first-order valence-electron chi connectivity index (χ1n) is 6.01. The van der Waals surface area contributed by atoms with Gasteiger partial charge >= 0.3 is 5.97 Å². The summed E-state index contributed by atoms with van der Waals surface area (Å²) in [5.41, 5.74) is 1.07. The van der Waals surface area contributed by atoms with Crippen LogP contribution in [-0.4, -0.2) is 37.6 Å². The Bertz CT molecular complexity index is 437. The minimum Gasteiger partial charge on any atom is -0.469 e. The largest absolute Gasteiger partial charge is 0.469 e. The molecule has 0 aliphatic carbocycles. The summed E-state index contributed by atoms with van der Waals surface area (Å²) in [4.78, 5) is 20.7. The molecule has 0 radical (unpaired) electrons. The fourth-order valence-corrected chi connectivity index (χ4v) is 2.25. The number of aromatic nitrogens is 1. The third kappa shape index (κ3) is 5.25. The summed E-state index contributed by atoms with van der Waals surface area (Å²) in [5, 5.41) is 7.21. The van der Waals surface area contributed by atoms with Gasteiger partial charge in [0.15, 0.2) is 5.96 Å². The molecule has 0 aromatic carbocycles. The number of nitrogens with zero attached hydrogens (tertiary/aromatic N) is 2. The van der Waals surface area contributed by atoms with E-state index in [1.165, 1.54) is 12.0 Å². The molecule has 0 spiro atoms. The molecule has 0 amide bonds. The van der Waals surface area contributed by atoms with E-state index in [2.05, 4.69) is 32.3 Å². The van der Waals surface area contributed by atoms with E-state index in [1.807, 2.05) is 6.92 Å². The molecule has 7 heteroatoms. The van der Waals surface area contributed by atoms with Crippen LogP contribution in [0, 0.1) is 13.8 Å². The fourth-order valence-electron chi connectivity index (χ4n) is 1.38. The van der Waals surface area contributed by atoms with E-state index in [0.29, 0.717) is 25.5 Å². The van der Waals surface area contributed by atoms with Gasteiger partial charge in [-0.1, -0.05) is 0 Å². The van der Waals surface area contributed by atoms with Crippen LogP contribution >= 0.6 is 11.3 Å². The van der Waals surface area contributed by atoms with Gasteiger partial charge in [-0.3, -0.25) is 9.79 Å². The number of methoxy groups -OCH3 is 1. The van der Waals surface area contributed by atoms with E-state index in [0.717, 1.165) is 10.7 Å². The quantitative estimate of drug-likeness (QED) is 0.479. The van der Waals surface area contributed by atoms with Crippen molar-refractivity contribution < 1.29 is 9.53 Å². The van der Waals surface area contributed by atoms with Gasteiger partial charge in [0.1, 0.15) is 5.01 Å². The molecule has 2 N–H and O–H groups in total. The van der Waals surface area contributed by atoms with Gasteiger partial charge in [0, 0.05) is 18.5 Å². The molecule has 19 heavy (non-hydrogen) atoms. The van der Waals surface area contributed by atoms with Crippen molar-refractivity contribution in [3.05, 3.63) is 15.6 Å². The molecule has 0 saturated heterocycles. The number of guanidine groups is 1. The number of carbonyl (C=O) groups is 1. The molecule has 0 bridgehead atoms. The summed E-state index contributed by atoms with van der Waals surface area (Å²) in [6, 6.07) is 0. The summed E-state index contributed by atoms with van der Waals surface area (Å²) in [6.45, 7) is 5.16. The first-order chi connectivity index (χ1) is 9.06. The molecule has 106 valence electrons. The Labute approximate surface area is 117 Å². The molecule has 0 aliphatic heterocycles. The molecule has 0 saturated carbocycles. The predicted molar refractivity (Wildman–Crippen MR) is 76.4 cm³/mol. The lowest BCUT2D eigenvalue weighted by molar-refractivity contribution is -0.140. The third-order valence-corrected chi connectivity index (χ3v) is 3.63. The predicted octanol–water partition coefficient (Wildman–Crippen LogP) is 0.988. The van der Waals surface area contributed by atoms with E-state index >= 15 is 0 Å². The van der Waals surface area contributed by atoms with E-state index in [9.17, 15) is 4.79 Å². The van der Waals surface area contributed by atoms with E-state index < -0.39 is 0 Å². The number of rotatable bonds is 5. The second-order valence-electron chi connectivity index (χ2n) is 3.93. The third-order valence-electron chi connectivity index (χ3n) is 2.55. The van der Waals surface area contributed by atoms with Gasteiger partial charge in [0.05, 0.1) is 25.8 Å². The van der Waals surface area contributed by atoms with Gasteiger partial charge in [0.2, 0.25) is 0 Å². The van der Waals surface area contributed by atoms with Crippen molar-refractivity contribution in [1.29, 1.82) is 0 Å². The molecule has 1 aromatic rings. The van der Waals surface area contributed by atoms with Gasteiger partial charge < -0.3 is 15.4 Å². The van der Waals surface area contributed by atoms with Crippen LogP contribution in [0.2, 0.25) is 0 Å². The van der Waals surface area contributed by atoms with E-state index in [1.54, 1.807) is 18.4 Å². The average molecular weight is 284 g/mol. The molecule has 1 aromatic heterocycles. The fraction of sp³-hybridized carbons (Fsp3) is 0.583. The molecule has 0 fully saturated rings. The number of esters is 1. The first kappa shape index (κ1) is 15.4. The second-order valence-corrected chi connectivity index (χ2v) is 5.22. The molecule has 0 atom stereocenters. The lowest BCUT2D eigenvalue weighted by Gasteiger charge is -2.10. The van der Waals surface area contributed by atoms with Crippen LogP contribution < -0.4 is 10.6 Å². The molecule has 6 nitrogen and oxygen atoms in total. The van der Waals surface area contributed by atoms with Crippen molar-refractivity contribution in [2.75, 3.05) is 20.7 Å². The Morgan fingerprint density at radius 1 is 1.42 bits per heavy atom. The second kappa shape index (κ2) is 7.73. The number of carbonyl (C=O) groups excluding carboxylic acids is 1. The SMILES string of the molecule is CN=C(NCCC(=O)OC)NCc1nc(C)c(C)s1. The zero-order valence-electron chi connectivity index (χ0n) is 11.7. The highest BCUT2D eigenvalue weighted by molar-refractivity contribution is 7.11. The number of nitrogens with one attached hydrogen (secondary N) is 2. The van der Waals surface area contributed by atoms with Crippen molar-refractivity contribution in [2.45, 2.75) is 26.8 Å². The van der Waals surface area contributed by atoms with Crippen LogP contribution in [0.25, 0.3) is 0 Å². The van der Waals surface area contributed by atoms with E-state index in [4.69, 9.17) is 0 Å². The highest BCUT2D eigenvalue weighted by Crippen LogP contribution is 2.15. The number of thiazole rings is 1. The molecular formula is C12H20N4O2S. The number of hydrogen-bond donors (Lipinski definition) is 2. The van der Waals surface area contributed by atoms with Crippen LogP contribution in [0.1, 0.15) is 22.0 Å². The van der Waals surface area contributed by atoms with Gasteiger partial charge in [-0.15, -0.1) is 11.3 Å². The zero-order valence-corrected chi connectivity index (χ0v) is 12.6. The van der Waals surface area contributed by atoms with Crippen LogP contribution in [0.15, 0.2) is 4.99 Å². The Morgan fingerprint density at radius 2 is 2.16 bits per heavy atom. The minimum absolute atomic E-state index is 0.242. The van der Waals surface area contributed by atoms with Crippen molar-refractivity contribution in [2.24, 2.45) is 4.99 Å². The number of hydrogen-bond acceptors (Lipinski definition) is 5. The summed E-state index contributed by atoms with van der Waals surface area (Å²) in [7, 11) is 3.06. The highest BCUT2D eigenvalue weighted by Gasteiger charge is 2.05. The minimum atomic E-state index is -0.242. The number of aliphatic imine (C=N–C) groups is 1. The highest BCUT2D eigenvalue weighted by atomic mass is 32.1. The van der Waals surface area contributed by atoms with Crippen LogP contribution in [-0.2, 0) is 16.1 Å². The lowest BCUT2D eigenvalue weighted by Crippen LogP contribution is -2.37. The van der Waals surface area contributed by atoms with Gasteiger partial charge in [-0.25, -0.2) is 4.98 Å². The Hall–Kier alpha value is -1.63. The van der Waals surface area contributed by atoms with Crippen molar-refractivity contribution in [3.8, 4) is 0 Å².